The van der Waals surface area contributed by atoms with Crippen molar-refractivity contribution in [3.8, 4) is 0 Å². The highest BCUT2D eigenvalue weighted by atomic mass is 16.4. The molecule has 1 saturated heterocycles. The lowest BCUT2D eigenvalue weighted by Crippen LogP contribution is -2.42. The normalized spacial score (nSPS) is 16.4. The van der Waals surface area contributed by atoms with Crippen LogP contribution in [0.25, 0.3) is 0 Å². The molecule has 6 heteroatoms. The summed E-state index contributed by atoms with van der Waals surface area (Å²) < 4.78 is 5.72. The van der Waals surface area contributed by atoms with E-state index in [9.17, 15) is 0 Å². The molecule has 1 fully saturated rings. The molecule has 28 heavy (non-hydrogen) atoms. The highest BCUT2D eigenvalue weighted by Crippen LogP contribution is 2.19. The standard InChI is InChI=1S/C22H33N5O/c1-16-5-7-19(8-6-16)13-24-22(23-4)25-14-20-9-11-27(12-10-20)15-21-26-17(2)18(3)28-21/h5-8,20H,9-15H2,1-4H3,(H2,23,24,25). The van der Waals surface area contributed by atoms with Crippen molar-refractivity contribution < 1.29 is 4.42 Å². The summed E-state index contributed by atoms with van der Waals surface area (Å²) in [6.45, 7) is 10.8. The Kier molecular flexibility index (Phi) is 7.09. The molecule has 0 bridgehead atoms. The van der Waals surface area contributed by atoms with Gasteiger partial charge in [-0.15, -0.1) is 0 Å². The number of rotatable bonds is 6. The zero-order chi connectivity index (χ0) is 19.9. The number of aliphatic imine (C=N–C) groups is 1. The van der Waals surface area contributed by atoms with Gasteiger partial charge in [0.1, 0.15) is 5.76 Å². The lowest BCUT2D eigenvalue weighted by Gasteiger charge is -2.31. The van der Waals surface area contributed by atoms with Crippen LogP contribution in [0.15, 0.2) is 33.7 Å². The first-order valence-electron chi connectivity index (χ1n) is 10.2. The van der Waals surface area contributed by atoms with E-state index in [1.54, 1.807) is 0 Å². The SMILES string of the molecule is CN=C(NCc1ccc(C)cc1)NCC1CCN(Cc2nc(C)c(C)o2)CC1. The number of nitrogens with zero attached hydrogens (tertiary/aromatic N) is 3. The van der Waals surface area contributed by atoms with Crippen molar-refractivity contribution in [2.45, 2.75) is 46.7 Å². The number of benzene rings is 1. The maximum Gasteiger partial charge on any atom is 0.208 e. The molecule has 2 N–H and O–H groups in total. The van der Waals surface area contributed by atoms with E-state index in [1.165, 1.54) is 24.0 Å². The quantitative estimate of drug-likeness (QED) is 0.592. The molecule has 0 atom stereocenters. The highest BCUT2D eigenvalue weighted by Gasteiger charge is 2.21. The number of aromatic nitrogens is 1. The number of likely N-dealkylation sites (tertiary alicyclic amines) is 1. The number of hydrogen-bond donors (Lipinski definition) is 2. The van der Waals surface area contributed by atoms with Crippen molar-refractivity contribution in [2.24, 2.45) is 10.9 Å². The van der Waals surface area contributed by atoms with E-state index in [1.807, 2.05) is 20.9 Å². The molecule has 6 nitrogen and oxygen atoms in total. The van der Waals surface area contributed by atoms with E-state index in [2.05, 4.69) is 56.7 Å². The Hall–Kier alpha value is -2.34. The molecule has 0 spiro atoms. The summed E-state index contributed by atoms with van der Waals surface area (Å²) in [5.41, 5.74) is 3.54. The third kappa shape index (κ3) is 5.83. The molecule has 2 aromatic rings. The van der Waals surface area contributed by atoms with Gasteiger partial charge in [-0.2, -0.15) is 0 Å². The van der Waals surface area contributed by atoms with E-state index in [0.717, 1.165) is 56.0 Å². The minimum absolute atomic E-state index is 0.669. The van der Waals surface area contributed by atoms with E-state index in [-0.39, 0.29) is 0 Å². The average molecular weight is 384 g/mol. The molecule has 1 aliphatic heterocycles. The van der Waals surface area contributed by atoms with Gasteiger partial charge in [0.2, 0.25) is 5.89 Å². The van der Waals surface area contributed by atoms with Crippen LogP contribution in [0.3, 0.4) is 0 Å². The predicted molar refractivity (Wildman–Crippen MR) is 113 cm³/mol. The maximum atomic E-state index is 5.72. The van der Waals surface area contributed by atoms with Crippen molar-refractivity contribution in [1.29, 1.82) is 0 Å². The van der Waals surface area contributed by atoms with Crippen LogP contribution in [0, 0.1) is 26.7 Å². The second-order valence-corrected chi connectivity index (χ2v) is 7.76. The molecular weight excluding hydrogens is 350 g/mol. The van der Waals surface area contributed by atoms with Crippen LogP contribution >= 0.6 is 0 Å². The monoisotopic (exact) mass is 383 g/mol. The first-order chi connectivity index (χ1) is 13.5. The van der Waals surface area contributed by atoms with Crippen molar-refractivity contribution in [2.75, 3.05) is 26.7 Å². The van der Waals surface area contributed by atoms with Crippen LogP contribution in [-0.4, -0.2) is 42.5 Å². The Morgan fingerprint density at radius 3 is 2.46 bits per heavy atom. The molecule has 3 rings (SSSR count). The number of piperidine rings is 1. The van der Waals surface area contributed by atoms with Gasteiger partial charge in [-0.3, -0.25) is 9.89 Å². The Balaban J connectivity index is 1.37. The topological polar surface area (TPSA) is 65.7 Å². The van der Waals surface area contributed by atoms with Gasteiger partial charge in [-0.05, 0) is 58.2 Å². The minimum Gasteiger partial charge on any atom is -0.444 e. The maximum absolute atomic E-state index is 5.72. The van der Waals surface area contributed by atoms with Gasteiger partial charge in [-0.25, -0.2) is 4.98 Å². The summed E-state index contributed by atoms with van der Waals surface area (Å²) in [5, 5.41) is 6.89. The van der Waals surface area contributed by atoms with Gasteiger partial charge < -0.3 is 15.1 Å². The summed E-state index contributed by atoms with van der Waals surface area (Å²) in [6, 6.07) is 8.59. The fourth-order valence-electron chi connectivity index (χ4n) is 3.50. The fourth-order valence-corrected chi connectivity index (χ4v) is 3.50. The number of oxazole rings is 1. The first kappa shape index (κ1) is 20.4. The Morgan fingerprint density at radius 2 is 1.86 bits per heavy atom. The van der Waals surface area contributed by atoms with Crippen LogP contribution < -0.4 is 10.6 Å². The third-order valence-electron chi connectivity index (χ3n) is 5.50. The van der Waals surface area contributed by atoms with Crippen LogP contribution in [0.4, 0.5) is 0 Å². The number of guanidine groups is 1. The van der Waals surface area contributed by atoms with Crippen molar-refractivity contribution in [3.05, 3.63) is 52.7 Å². The van der Waals surface area contributed by atoms with Crippen LogP contribution in [0.5, 0.6) is 0 Å². The fraction of sp³-hybridized carbons (Fsp3) is 0.545. The van der Waals surface area contributed by atoms with Crippen molar-refractivity contribution in [3.63, 3.8) is 0 Å². The number of hydrogen-bond acceptors (Lipinski definition) is 4. The number of nitrogens with one attached hydrogen (secondary N) is 2. The molecule has 1 aliphatic rings. The predicted octanol–water partition coefficient (Wildman–Crippen LogP) is 3.18. The average Bonchev–Trinajstić information content (AvgIpc) is 3.01. The summed E-state index contributed by atoms with van der Waals surface area (Å²) in [5.74, 6) is 3.31. The lowest BCUT2D eigenvalue weighted by atomic mass is 9.97. The minimum atomic E-state index is 0.669. The van der Waals surface area contributed by atoms with Gasteiger partial charge in [0.15, 0.2) is 5.96 Å². The highest BCUT2D eigenvalue weighted by molar-refractivity contribution is 5.79. The summed E-state index contributed by atoms with van der Waals surface area (Å²) in [4.78, 5) is 11.3. The van der Waals surface area contributed by atoms with Gasteiger partial charge in [-0.1, -0.05) is 29.8 Å². The van der Waals surface area contributed by atoms with E-state index < -0.39 is 0 Å². The zero-order valence-electron chi connectivity index (χ0n) is 17.6. The summed E-state index contributed by atoms with van der Waals surface area (Å²) >= 11 is 0. The number of aryl methyl sites for hydroxylation is 3. The Labute approximate surface area is 168 Å². The van der Waals surface area contributed by atoms with Gasteiger partial charge in [0.25, 0.3) is 0 Å². The van der Waals surface area contributed by atoms with Crippen LogP contribution in [-0.2, 0) is 13.1 Å². The summed E-state index contributed by atoms with van der Waals surface area (Å²) in [6.07, 6.45) is 2.36. The van der Waals surface area contributed by atoms with Gasteiger partial charge >= 0.3 is 0 Å². The van der Waals surface area contributed by atoms with Crippen LogP contribution in [0.2, 0.25) is 0 Å². The summed E-state index contributed by atoms with van der Waals surface area (Å²) in [7, 11) is 1.83. The lowest BCUT2D eigenvalue weighted by molar-refractivity contribution is 0.164. The van der Waals surface area contributed by atoms with Gasteiger partial charge in [0, 0.05) is 20.1 Å². The Bertz CT molecular complexity index is 753. The largest absolute Gasteiger partial charge is 0.444 e. The molecule has 0 aliphatic carbocycles. The molecule has 152 valence electrons. The third-order valence-corrected chi connectivity index (χ3v) is 5.50. The molecule has 1 aromatic heterocycles. The second-order valence-electron chi connectivity index (χ2n) is 7.76. The smallest absolute Gasteiger partial charge is 0.208 e. The molecule has 0 radical (unpaired) electrons. The molecule has 0 amide bonds. The second kappa shape index (κ2) is 9.73. The zero-order valence-corrected chi connectivity index (χ0v) is 17.6. The molecule has 2 heterocycles. The molecule has 0 unspecified atom stereocenters. The molecular formula is C22H33N5O. The molecule has 0 saturated carbocycles. The van der Waals surface area contributed by atoms with E-state index in [4.69, 9.17) is 4.42 Å². The van der Waals surface area contributed by atoms with E-state index >= 15 is 0 Å². The van der Waals surface area contributed by atoms with E-state index in [0.29, 0.717) is 5.92 Å². The molecule has 1 aromatic carbocycles. The first-order valence-corrected chi connectivity index (χ1v) is 10.2. The van der Waals surface area contributed by atoms with Crippen LogP contribution in [0.1, 0.15) is 41.3 Å². The Morgan fingerprint density at radius 1 is 1.14 bits per heavy atom. The van der Waals surface area contributed by atoms with Crippen molar-refractivity contribution >= 4 is 5.96 Å². The van der Waals surface area contributed by atoms with Gasteiger partial charge in [0.05, 0.1) is 12.2 Å². The van der Waals surface area contributed by atoms with Crippen molar-refractivity contribution in [1.82, 2.24) is 20.5 Å².